The van der Waals surface area contributed by atoms with Crippen molar-refractivity contribution in [3.8, 4) is 0 Å². The molecule has 0 unspecified atom stereocenters. The minimum Gasteiger partial charge on any atom is -0.465 e. The molecule has 0 aliphatic heterocycles. The molecular weight excluding hydrogens is 302 g/mol. The van der Waals surface area contributed by atoms with Crippen LogP contribution in [0.1, 0.15) is 21.5 Å². The van der Waals surface area contributed by atoms with Gasteiger partial charge in [0.2, 0.25) is 0 Å². The summed E-state index contributed by atoms with van der Waals surface area (Å²) in [6, 6.07) is 1.10. The molecule has 19 heavy (non-hydrogen) atoms. The van der Waals surface area contributed by atoms with Crippen molar-refractivity contribution in [2.24, 2.45) is 0 Å². The number of carbonyl (C=O) groups is 1. The Hall–Kier alpha value is -1.44. The number of methoxy groups -OCH3 is 1. The average molecular weight is 307 g/mol. The number of esters is 1. The Labute approximate surface area is 107 Å². The molecule has 0 heterocycles. The zero-order valence-corrected chi connectivity index (χ0v) is 9.87. The summed E-state index contributed by atoms with van der Waals surface area (Å²) in [4.78, 5) is 11.1. The van der Waals surface area contributed by atoms with Crippen LogP contribution in [-0.2, 0) is 17.1 Å². The maximum atomic E-state index is 12.7. The number of benzene rings is 1. The van der Waals surface area contributed by atoms with Crippen LogP contribution in [0.25, 0.3) is 0 Å². The quantitative estimate of drug-likeness (QED) is 0.575. The predicted octanol–water partition coefficient (Wildman–Crippen LogP) is 4.16. The van der Waals surface area contributed by atoms with Crippen LogP contribution in [0.4, 0.5) is 26.3 Å². The average Bonchev–Trinajstić information content (AvgIpc) is 2.24. The molecule has 106 valence electrons. The Morgan fingerprint density at radius 1 is 1.05 bits per heavy atom. The molecule has 0 saturated carbocycles. The summed E-state index contributed by atoms with van der Waals surface area (Å²) in [6.45, 7) is 0. The minimum atomic E-state index is -5.40. The summed E-state index contributed by atoms with van der Waals surface area (Å²) in [7, 11) is 0.754. The lowest BCUT2D eigenvalue weighted by Gasteiger charge is -2.19. The molecule has 0 saturated heterocycles. The second kappa shape index (κ2) is 4.92. The maximum Gasteiger partial charge on any atom is 0.418 e. The van der Waals surface area contributed by atoms with E-state index in [1.165, 1.54) is 0 Å². The maximum absolute atomic E-state index is 12.7. The van der Waals surface area contributed by atoms with E-state index < -0.39 is 40.0 Å². The molecule has 2 nitrogen and oxygen atoms in total. The summed E-state index contributed by atoms with van der Waals surface area (Å²) in [6.07, 6.45) is -10.8. The molecule has 0 spiro atoms. The highest BCUT2D eigenvalue weighted by molar-refractivity contribution is 6.31. The van der Waals surface area contributed by atoms with Crippen molar-refractivity contribution in [1.82, 2.24) is 0 Å². The van der Waals surface area contributed by atoms with Gasteiger partial charge in [0.1, 0.15) is 0 Å². The van der Waals surface area contributed by atoms with E-state index in [-0.39, 0.29) is 0 Å². The Morgan fingerprint density at radius 2 is 1.53 bits per heavy atom. The Morgan fingerprint density at radius 3 is 1.89 bits per heavy atom. The summed E-state index contributed by atoms with van der Waals surface area (Å²) >= 11 is 5.17. The van der Waals surface area contributed by atoms with Crippen molar-refractivity contribution in [3.05, 3.63) is 33.8 Å². The van der Waals surface area contributed by atoms with Crippen molar-refractivity contribution < 1.29 is 35.9 Å². The minimum absolute atomic E-state index is 0.534. The van der Waals surface area contributed by atoms with Crippen molar-refractivity contribution in [3.63, 3.8) is 0 Å². The highest BCUT2D eigenvalue weighted by Gasteiger charge is 2.47. The molecular formula is C10H5ClF6O2. The predicted molar refractivity (Wildman–Crippen MR) is 52.8 cm³/mol. The highest BCUT2D eigenvalue weighted by Crippen LogP contribution is 2.45. The van der Waals surface area contributed by atoms with Crippen LogP contribution in [0.15, 0.2) is 12.1 Å². The second-order valence-electron chi connectivity index (χ2n) is 3.33. The fourth-order valence-corrected chi connectivity index (χ4v) is 1.69. The highest BCUT2D eigenvalue weighted by atomic mass is 35.5. The third kappa shape index (κ3) is 3.12. The van der Waals surface area contributed by atoms with Crippen LogP contribution < -0.4 is 0 Å². The molecule has 9 heteroatoms. The summed E-state index contributed by atoms with van der Waals surface area (Å²) in [5, 5.41) is -1.15. The Bertz CT molecular complexity index is 506. The van der Waals surface area contributed by atoms with Crippen molar-refractivity contribution >= 4 is 17.6 Å². The first kappa shape index (κ1) is 15.6. The second-order valence-corrected chi connectivity index (χ2v) is 3.74. The van der Waals surface area contributed by atoms with E-state index in [0.29, 0.717) is 12.1 Å². The lowest BCUT2D eigenvalue weighted by Crippen LogP contribution is -2.22. The summed E-state index contributed by atoms with van der Waals surface area (Å²) < 4.78 is 80.2. The van der Waals surface area contributed by atoms with E-state index in [2.05, 4.69) is 4.74 Å². The first-order chi connectivity index (χ1) is 8.50. The van der Waals surface area contributed by atoms with Crippen LogP contribution in [0.2, 0.25) is 5.02 Å². The van der Waals surface area contributed by atoms with Gasteiger partial charge in [0.15, 0.2) is 0 Å². The van der Waals surface area contributed by atoms with Crippen LogP contribution in [0.3, 0.4) is 0 Å². The fraction of sp³-hybridized carbons (Fsp3) is 0.300. The van der Waals surface area contributed by atoms with Gasteiger partial charge in [-0.15, -0.1) is 0 Å². The Kier molecular flexibility index (Phi) is 4.04. The van der Waals surface area contributed by atoms with E-state index >= 15 is 0 Å². The molecule has 1 aromatic carbocycles. The number of hydrogen-bond donors (Lipinski definition) is 0. The Balaban J connectivity index is 3.76. The van der Waals surface area contributed by atoms with Crippen LogP contribution in [-0.4, -0.2) is 13.1 Å². The molecule has 0 aromatic heterocycles. The van der Waals surface area contributed by atoms with Crippen molar-refractivity contribution in [1.29, 1.82) is 0 Å². The number of halogens is 7. The van der Waals surface area contributed by atoms with Crippen molar-refractivity contribution in [2.45, 2.75) is 12.4 Å². The topological polar surface area (TPSA) is 26.3 Å². The molecule has 0 aliphatic carbocycles. The molecule has 0 aliphatic rings. The standard InChI is InChI=1S/C10H5ClF6O2/c1-19-8(18)4-2-3-5(11)7(10(15,16)17)6(4)9(12,13)14/h2-3H,1H3. The molecule has 1 rings (SSSR count). The molecule has 1 aromatic rings. The third-order valence-electron chi connectivity index (χ3n) is 2.13. The van der Waals surface area contributed by atoms with Gasteiger partial charge in [0, 0.05) is 0 Å². The number of rotatable bonds is 1. The smallest absolute Gasteiger partial charge is 0.418 e. The normalized spacial score (nSPS) is 12.4. The van der Waals surface area contributed by atoms with E-state index in [9.17, 15) is 31.1 Å². The summed E-state index contributed by atoms with van der Waals surface area (Å²) in [5.74, 6) is -1.53. The van der Waals surface area contributed by atoms with E-state index in [1.54, 1.807) is 0 Å². The van der Waals surface area contributed by atoms with Gasteiger partial charge in [-0.25, -0.2) is 4.79 Å². The molecule has 0 fully saturated rings. The molecule has 0 amide bonds. The number of hydrogen-bond acceptors (Lipinski definition) is 2. The van der Waals surface area contributed by atoms with Gasteiger partial charge in [-0.05, 0) is 12.1 Å². The van der Waals surface area contributed by atoms with E-state index in [4.69, 9.17) is 11.6 Å². The van der Waals surface area contributed by atoms with Gasteiger partial charge in [0.05, 0.1) is 28.8 Å². The first-order valence-electron chi connectivity index (χ1n) is 4.55. The van der Waals surface area contributed by atoms with Gasteiger partial charge < -0.3 is 4.74 Å². The lowest BCUT2D eigenvalue weighted by atomic mass is 9.99. The van der Waals surface area contributed by atoms with E-state index in [0.717, 1.165) is 7.11 Å². The van der Waals surface area contributed by atoms with Crippen molar-refractivity contribution in [2.75, 3.05) is 7.11 Å². The molecule has 0 bridgehead atoms. The van der Waals surface area contributed by atoms with Gasteiger partial charge in [-0.1, -0.05) is 11.6 Å². The van der Waals surface area contributed by atoms with Gasteiger partial charge >= 0.3 is 18.3 Å². The number of ether oxygens (including phenoxy) is 1. The molecule has 0 N–H and O–H groups in total. The monoisotopic (exact) mass is 306 g/mol. The number of carbonyl (C=O) groups excluding carboxylic acids is 1. The summed E-state index contributed by atoms with van der Waals surface area (Å²) in [5.41, 5.74) is -5.50. The van der Waals surface area contributed by atoms with Gasteiger partial charge in [0.25, 0.3) is 0 Å². The third-order valence-corrected chi connectivity index (χ3v) is 2.44. The number of alkyl halides is 6. The zero-order chi connectivity index (χ0) is 15.0. The van der Waals surface area contributed by atoms with Crippen LogP contribution >= 0.6 is 11.6 Å². The first-order valence-corrected chi connectivity index (χ1v) is 4.93. The van der Waals surface area contributed by atoms with Crippen LogP contribution in [0, 0.1) is 0 Å². The molecule has 0 radical (unpaired) electrons. The van der Waals surface area contributed by atoms with E-state index in [1.807, 2.05) is 0 Å². The lowest BCUT2D eigenvalue weighted by molar-refractivity contribution is -0.162. The van der Waals surface area contributed by atoms with Crippen LogP contribution in [0.5, 0.6) is 0 Å². The van der Waals surface area contributed by atoms with Gasteiger partial charge in [-0.2, -0.15) is 26.3 Å². The van der Waals surface area contributed by atoms with Gasteiger partial charge in [-0.3, -0.25) is 0 Å². The zero-order valence-electron chi connectivity index (χ0n) is 9.12. The molecule has 0 atom stereocenters. The SMILES string of the molecule is COC(=O)c1ccc(Cl)c(C(F)(F)F)c1C(F)(F)F. The fourth-order valence-electron chi connectivity index (χ4n) is 1.43. The largest absolute Gasteiger partial charge is 0.465 e.